The van der Waals surface area contributed by atoms with E-state index in [-0.39, 0.29) is 6.61 Å². The average Bonchev–Trinajstić information content (AvgIpc) is 2.87. The fourth-order valence-electron chi connectivity index (χ4n) is 1.68. The largest absolute Gasteiger partial charge is 0.396 e. The van der Waals surface area contributed by atoms with Gasteiger partial charge < -0.3 is 5.11 Å². The minimum atomic E-state index is 0.267. The number of nitrogens with zero attached hydrogens (tertiary/aromatic N) is 1. The van der Waals surface area contributed by atoms with Crippen molar-refractivity contribution in [2.45, 2.75) is 19.1 Å². The van der Waals surface area contributed by atoms with Gasteiger partial charge in [0.25, 0.3) is 0 Å². The lowest BCUT2D eigenvalue weighted by atomic mass is 10.2. The van der Waals surface area contributed by atoms with Gasteiger partial charge in [-0.15, -0.1) is 11.3 Å². The molecule has 1 aromatic carbocycles. The number of rotatable bonds is 7. The molecule has 0 radical (unpaired) electrons. The summed E-state index contributed by atoms with van der Waals surface area (Å²) in [5.41, 5.74) is 2.47. The molecule has 2 nitrogen and oxygen atoms in total. The molecule has 2 rings (SSSR count). The standard InChI is InChI=1S/C15H19NOS2/c1-12(8-17)9-18-10-14-11-19-15(16-14)7-13-5-3-2-4-6-13/h2-6,11-12,17H,7-10H2,1H3. The minimum Gasteiger partial charge on any atom is -0.396 e. The van der Waals surface area contributed by atoms with Crippen LogP contribution in [0.2, 0.25) is 0 Å². The number of aliphatic hydroxyl groups is 1. The Morgan fingerprint density at radius 1 is 1.32 bits per heavy atom. The summed E-state index contributed by atoms with van der Waals surface area (Å²) in [6.07, 6.45) is 0.920. The molecule has 1 N–H and O–H groups in total. The smallest absolute Gasteiger partial charge is 0.0972 e. The number of hydrogen-bond donors (Lipinski definition) is 1. The number of thiazole rings is 1. The molecule has 0 saturated carbocycles. The summed E-state index contributed by atoms with van der Waals surface area (Å²) in [7, 11) is 0. The Bertz CT molecular complexity index is 484. The zero-order chi connectivity index (χ0) is 13.5. The van der Waals surface area contributed by atoms with Crippen LogP contribution < -0.4 is 0 Å². The van der Waals surface area contributed by atoms with E-state index >= 15 is 0 Å². The summed E-state index contributed by atoms with van der Waals surface area (Å²) < 4.78 is 0. The molecule has 0 aliphatic carbocycles. The van der Waals surface area contributed by atoms with Gasteiger partial charge in [-0.3, -0.25) is 0 Å². The van der Waals surface area contributed by atoms with Gasteiger partial charge in [0.15, 0.2) is 0 Å². The second kappa shape index (κ2) is 7.68. The van der Waals surface area contributed by atoms with Crippen LogP contribution in [0.15, 0.2) is 35.7 Å². The molecule has 2 aromatic rings. The van der Waals surface area contributed by atoms with E-state index in [1.165, 1.54) is 10.6 Å². The predicted molar refractivity (Wildman–Crippen MR) is 83.8 cm³/mol. The first-order chi connectivity index (χ1) is 9.28. The van der Waals surface area contributed by atoms with Crippen LogP contribution in [0.5, 0.6) is 0 Å². The Kier molecular flexibility index (Phi) is 5.89. The highest BCUT2D eigenvalue weighted by Gasteiger charge is 2.05. The molecule has 0 saturated heterocycles. The van der Waals surface area contributed by atoms with Crippen LogP contribution in [0.25, 0.3) is 0 Å². The maximum atomic E-state index is 8.97. The fourth-order valence-corrected chi connectivity index (χ4v) is 3.60. The summed E-state index contributed by atoms with van der Waals surface area (Å²) >= 11 is 3.58. The van der Waals surface area contributed by atoms with Gasteiger partial charge in [0.05, 0.1) is 10.7 Å². The molecule has 0 amide bonds. The molecule has 0 spiro atoms. The highest BCUT2D eigenvalue weighted by molar-refractivity contribution is 7.98. The molecule has 0 aliphatic rings. The summed E-state index contributed by atoms with van der Waals surface area (Å²) in [4.78, 5) is 4.66. The monoisotopic (exact) mass is 293 g/mol. The van der Waals surface area contributed by atoms with Crippen molar-refractivity contribution in [1.82, 2.24) is 4.98 Å². The van der Waals surface area contributed by atoms with Crippen LogP contribution in [0.3, 0.4) is 0 Å². The number of benzene rings is 1. The van der Waals surface area contributed by atoms with Crippen LogP contribution in [0.1, 0.15) is 23.2 Å². The number of hydrogen-bond acceptors (Lipinski definition) is 4. The minimum absolute atomic E-state index is 0.267. The van der Waals surface area contributed by atoms with Crippen molar-refractivity contribution in [3.05, 3.63) is 52.0 Å². The van der Waals surface area contributed by atoms with Crippen molar-refractivity contribution in [1.29, 1.82) is 0 Å². The topological polar surface area (TPSA) is 33.1 Å². The summed E-state index contributed by atoms with van der Waals surface area (Å²) in [6.45, 7) is 2.33. The first-order valence-electron chi connectivity index (χ1n) is 6.43. The van der Waals surface area contributed by atoms with E-state index in [9.17, 15) is 0 Å². The van der Waals surface area contributed by atoms with E-state index in [0.29, 0.717) is 5.92 Å². The van der Waals surface area contributed by atoms with Gasteiger partial charge in [-0.25, -0.2) is 4.98 Å². The van der Waals surface area contributed by atoms with Crippen molar-refractivity contribution < 1.29 is 5.11 Å². The van der Waals surface area contributed by atoms with E-state index in [1.807, 2.05) is 17.8 Å². The van der Waals surface area contributed by atoms with E-state index in [4.69, 9.17) is 5.11 Å². The molecule has 102 valence electrons. The third kappa shape index (κ3) is 4.97. The van der Waals surface area contributed by atoms with Gasteiger partial charge in [0.1, 0.15) is 0 Å². The van der Waals surface area contributed by atoms with Crippen LogP contribution in [0, 0.1) is 5.92 Å². The van der Waals surface area contributed by atoms with E-state index in [1.54, 1.807) is 11.3 Å². The zero-order valence-corrected chi connectivity index (χ0v) is 12.7. The lowest BCUT2D eigenvalue weighted by Gasteiger charge is -2.05. The highest BCUT2D eigenvalue weighted by atomic mass is 32.2. The van der Waals surface area contributed by atoms with Gasteiger partial charge in [0, 0.05) is 24.2 Å². The maximum Gasteiger partial charge on any atom is 0.0972 e. The summed E-state index contributed by atoms with van der Waals surface area (Å²) in [5, 5.41) is 12.3. The molecule has 1 unspecified atom stereocenters. The molecule has 0 bridgehead atoms. The van der Waals surface area contributed by atoms with E-state index < -0.39 is 0 Å². The Morgan fingerprint density at radius 2 is 2.11 bits per heavy atom. The third-order valence-corrected chi connectivity index (χ3v) is 4.96. The van der Waals surface area contributed by atoms with E-state index in [2.05, 4.69) is 41.6 Å². The average molecular weight is 293 g/mol. The van der Waals surface area contributed by atoms with Gasteiger partial charge in [-0.05, 0) is 17.2 Å². The van der Waals surface area contributed by atoms with Gasteiger partial charge >= 0.3 is 0 Å². The van der Waals surface area contributed by atoms with E-state index in [0.717, 1.165) is 23.6 Å². The molecule has 4 heteroatoms. The van der Waals surface area contributed by atoms with Gasteiger partial charge in [0.2, 0.25) is 0 Å². The van der Waals surface area contributed by atoms with Gasteiger partial charge in [-0.1, -0.05) is 37.3 Å². The number of aromatic nitrogens is 1. The molecule has 1 heterocycles. The lowest BCUT2D eigenvalue weighted by molar-refractivity contribution is 0.250. The lowest BCUT2D eigenvalue weighted by Crippen LogP contribution is -2.03. The molecule has 0 fully saturated rings. The second-order valence-electron chi connectivity index (χ2n) is 4.70. The first kappa shape index (κ1) is 14.6. The normalized spacial score (nSPS) is 12.5. The zero-order valence-electron chi connectivity index (χ0n) is 11.1. The summed E-state index contributed by atoms with van der Waals surface area (Å²) in [6, 6.07) is 10.4. The predicted octanol–water partition coefficient (Wildman–Crippen LogP) is 3.60. The molecule has 1 atom stereocenters. The maximum absolute atomic E-state index is 8.97. The molecule has 19 heavy (non-hydrogen) atoms. The molecular formula is C15H19NOS2. The van der Waals surface area contributed by atoms with Crippen molar-refractivity contribution in [2.75, 3.05) is 12.4 Å². The highest BCUT2D eigenvalue weighted by Crippen LogP contribution is 2.19. The van der Waals surface area contributed by atoms with Crippen molar-refractivity contribution in [3.63, 3.8) is 0 Å². The number of thioether (sulfide) groups is 1. The molecule has 1 aromatic heterocycles. The van der Waals surface area contributed by atoms with Crippen molar-refractivity contribution in [3.8, 4) is 0 Å². The molecular weight excluding hydrogens is 274 g/mol. The Balaban J connectivity index is 1.82. The summed E-state index contributed by atoms with van der Waals surface area (Å²) in [5.74, 6) is 2.30. The molecule has 0 aliphatic heterocycles. The van der Waals surface area contributed by atoms with Crippen LogP contribution in [-0.4, -0.2) is 22.5 Å². The van der Waals surface area contributed by atoms with Crippen LogP contribution >= 0.6 is 23.1 Å². The fraction of sp³-hybridized carbons (Fsp3) is 0.400. The second-order valence-corrected chi connectivity index (χ2v) is 6.67. The van der Waals surface area contributed by atoms with Gasteiger partial charge in [-0.2, -0.15) is 11.8 Å². The van der Waals surface area contributed by atoms with Crippen LogP contribution in [-0.2, 0) is 12.2 Å². The van der Waals surface area contributed by atoms with Crippen molar-refractivity contribution in [2.24, 2.45) is 5.92 Å². The Morgan fingerprint density at radius 3 is 2.84 bits per heavy atom. The van der Waals surface area contributed by atoms with Crippen LogP contribution in [0.4, 0.5) is 0 Å². The SMILES string of the molecule is CC(CO)CSCc1csc(Cc2ccccc2)n1. The quantitative estimate of drug-likeness (QED) is 0.847. The Labute approximate surface area is 122 Å². The number of aliphatic hydroxyl groups excluding tert-OH is 1. The third-order valence-electron chi connectivity index (χ3n) is 2.76. The first-order valence-corrected chi connectivity index (χ1v) is 8.47. The van der Waals surface area contributed by atoms with Crippen molar-refractivity contribution >= 4 is 23.1 Å². The Hall–Kier alpha value is -0.840.